The van der Waals surface area contributed by atoms with Crippen LogP contribution in [0.3, 0.4) is 0 Å². The number of aliphatic hydroxyl groups is 3. The normalized spacial score (nSPS) is 47.8. The molecule has 0 spiro atoms. The molecule has 0 amide bonds. The predicted octanol–water partition coefficient (Wildman–Crippen LogP) is 5.10. The van der Waals surface area contributed by atoms with Gasteiger partial charge in [0, 0.05) is 6.42 Å². The lowest BCUT2D eigenvalue weighted by Crippen LogP contribution is -2.62. The van der Waals surface area contributed by atoms with Crippen molar-refractivity contribution in [3.8, 4) is 0 Å². The van der Waals surface area contributed by atoms with E-state index in [0.29, 0.717) is 36.0 Å². The molecule has 4 saturated carbocycles. The molecular formula is C29H50O5. The van der Waals surface area contributed by atoms with Gasteiger partial charge in [0.05, 0.1) is 24.4 Å². The summed E-state index contributed by atoms with van der Waals surface area (Å²) >= 11 is 0. The lowest BCUT2D eigenvalue weighted by atomic mass is 9.43. The molecule has 4 aliphatic carbocycles. The van der Waals surface area contributed by atoms with Gasteiger partial charge in [0.2, 0.25) is 0 Å². The molecule has 196 valence electrons. The fraction of sp³-hybridized carbons (Fsp3) is 0.966. The number of rotatable bonds is 7. The Labute approximate surface area is 207 Å². The Morgan fingerprint density at radius 3 is 2.44 bits per heavy atom. The van der Waals surface area contributed by atoms with Crippen molar-refractivity contribution in [1.82, 2.24) is 0 Å². The maximum Gasteiger partial charge on any atom is 0.306 e. The van der Waals surface area contributed by atoms with Crippen LogP contribution in [0.4, 0.5) is 0 Å². The summed E-state index contributed by atoms with van der Waals surface area (Å²) < 4.78 is 5.57. The zero-order chi connectivity index (χ0) is 24.8. The third-order valence-corrected chi connectivity index (χ3v) is 11.4. The molecule has 0 aromatic carbocycles. The largest absolute Gasteiger partial charge is 0.463 e. The van der Waals surface area contributed by atoms with Gasteiger partial charge in [0.25, 0.3) is 0 Å². The maximum atomic E-state index is 12.4. The van der Waals surface area contributed by atoms with Crippen molar-refractivity contribution in [3.05, 3.63) is 0 Å². The number of carbonyl (C=O) groups is 1. The molecule has 3 N–H and O–H groups in total. The van der Waals surface area contributed by atoms with Gasteiger partial charge in [0.1, 0.15) is 0 Å². The average molecular weight is 479 g/mol. The minimum Gasteiger partial charge on any atom is -0.463 e. The first-order chi connectivity index (χ1) is 16.0. The third-order valence-electron chi connectivity index (χ3n) is 11.4. The minimum atomic E-state index is -0.375. The number of hydrogen-bond acceptors (Lipinski definition) is 5. The molecule has 4 aliphatic rings. The number of aliphatic hydroxyl groups excluding tert-OH is 3. The van der Waals surface area contributed by atoms with Crippen LogP contribution in [0, 0.1) is 46.3 Å². The van der Waals surface area contributed by atoms with E-state index in [9.17, 15) is 20.1 Å². The Bertz CT molecular complexity index is 725. The minimum absolute atomic E-state index is 0.0165. The molecule has 0 aromatic heterocycles. The van der Waals surface area contributed by atoms with Gasteiger partial charge in [-0.3, -0.25) is 4.79 Å². The SMILES string of the molecule is CCCC(C)OC(=O)CCC(C)C1CCC2C3C(O)CC4CC(O)CCC4(C)C3CC(O)C12C. The second-order valence-electron chi connectivity index (χ2n) is 13.1. The van der Waals surface area contributed by atoms with Gasteiger partial charge in [-0.1, -0.05) is 34.1 Å². The van der Waals surface area contributed by atoms with Crippen LogP contribution in [-0.2, 0) is 9.53 Å². The Kier molecular flexibility index (Phi) is 7.78. The van der Waals surface area contributed by atoms with Crippen LogP contribution < -0.4 is 0 Å². The van der Waals surface area contributed by atoms with Crippen LogP contribution >= 0.6 is 0 Å². The topological polar surface area (TPSA) is 87.0 Å². The molecule has 4 rings (SSSR count). The first-order valence-electron chi connectivity index (χ1n) is 14.3. The van der Waals surface area contributed by atoms with Crippen molar-refractivity contribution >= 4 is 5.97 Å². The summed E-state index contributed by atoms with van der Waals surface area (Å²) in [7, 11) is 0. The van der Waals surface area contributed by atoms with Crippen molar-refractivity contribution in [2.24, 2.45) is 46.3 Å². The molecule has 0 aliphatic heterocycles. The van der Waals surface area contributed by atoms with E-state index >= 15 is 0 Å². The summed E-state index contributed by atoms with van der Waals surface area (Å²) in [5, 5.41) is 33.4. The molecule has 12 atom stereocenters. The summed E-state index contributed by atoms with van der Waals surface area (Å²) in [4.78, 5) is 12.4. The predicted molar refractivity (Wildman–Crippen MR) is 133 cm³/mol. The molecule has 4 fully saturated rings. The molecule has 0 aromatic rings. The fourth-order valence-electron chi connectivity index (χ4n) is 9.43. The van der Waals surface area contributed by atoms with Gasteiger partial charge < -0.3 is 20.1 Å². The molecule has 5 heteroatoms. The lowest BCUT2D eigenvalue weighted by Gasteiger charge is -2.63. The van der Waals surface area contributed by atoms with Gasteiger partial charge in [0.15, 0.2) is 0 Å². The smallest absolute Gasteiger partial charge is 0.306 e. The average Bonchev–Trinajstić information content (AvgIpc) is 3.13. The van der Waals surface area contributed by atoms with E-state index in [1.54, 1.807) is 0 Å². The second-order valence-corrected chi connectivity index (χ2v) is 13.1. The van der Waals surface area contributed by atoms with Crippen molar-refractivity contribution in [1.29, 1.82) is 0 Å². The number of hydrogen-bond donors (Lipinski definition) is 3. The van der Waals surface area contributed by atoms with Gasteiger partial charge in [-0.25, -0.2) is 0 Å². The molecule has 0 saturated heterocycles. The van der Waals surface area contributed by atoms with Crippen LogP contribution in [0.15, 0.2) is 0 Å². The molecule has 0 bridgehead atoms. The Morgan fingerprint density at radius 1 is 1.00 bits per heavy atom. The zero-order valence-corrected chi connectivity index (χ0v) is 22.2. The highest BCUT2D eigenvalue weighted by Crippen LogP contribution is 2.68. The number of esters is 1. The van der Waals surface area contributed by atoms with Crippen LogP contribution in [0.25, 0.3) is 0 Å². The van der Waals surface area contributed by atoms with Crippen LogP contribution in [0.1, 0.15) is 105 Å². The summed E-state index contributed by atoms with van der Waals surface area (Å²) in [6.07, 6.45) is 8.50. The number of fused-ring (bicyclic) bond motifs is 5. The van der Waals surface area contributed by atoms with E-state index in [2.05, 4.69) is 27.7 Å². The fourth-order valence-corrected chi connectivity index (χ4v) is 9.43. The first-order valence-corrected chi connectivity index (χ1v) is 14.3. The monoisotopic (exact) mass is 478 g/mol. The highest BCUT2D eigenvalue weighted by atomic mass is 16.5. The molecular weight excluding hydrogens is 428 g/mol. The van der Waals surface area contributed by atoms with Crippen LogP contribution in [0.5, 0.6) is 0 Å². The molecule has 0 heterocycles. The van der Waals surface area contributed by atoms with Gasteiger partial charge in [-0.15, -0.1) is 0 Å². The summed E-state index contributed by atoms with van der Waals surface area (Å²) in [6, 6.07) is 0. The molecule has 5 nitrogen and oxygen atoms in total. The van der Waals surface area contributed by atoms with E-state index in [0.717, 1.165) is 64.2 Å². The summed E-state index contributed by atoms with van der Waals surface area (Å²) in [5.74, 6) is 1.83. The van der Waals surface area contributed by atoms with Crippen molar-refractivity contribution < 1.29 is 24.9 Å². The molecule has 34 heavy (non-hydrogen) atoms. The Hall–Kier alpha value is -0.650. The van der Waals surface area contributed by atoms with E-state index in [1.165, 1.54) is 0 Å². The highest BCUT2D eigenvalue weighted by molar-refractivity contribution is 5.69. The van der Waals surface area contributed by atoms with Gasteiger partial charge in [-0.05, 0) is 111 Å². The number of ether oxygens (including phenoxy) is 1. The highest BCUT2D eigenvalue weighted by Gasteiger charge is 2.65. The van der Waals surface area contributed by atoms with E-state index in [4.69, 9.17) is 4.74 Å². The van der Waals surface area contributed by atoms with Crippen LogP contribution in [-0.4, -0.2) is 45.7 Å². The van der Waals surface area contributed by atoms with Crippen molar-refractivity contribution in [2.75, 3.05) is 0 Å². The van der Waals surface area contributed by atoms with Crippen LogP contribution in [0.2, 0.25) is 0 Å². The quantitative estimate of drug-likeness (QED) is 0.443. The van der Waals surface area contributed by atoms with E-state index in [1.807, 2.05) is 6.92 Å². The second kappa shape index (κ2) is 10.0. The Balaban J connectivity index is 1.46. The standard InChI is InChI=1S/C29H50O5/c1-6-7-18(3)34-26(33)11-8-17(2)21-9-10-22-27-23(16-25(32)29(21,22)5)28(4)13-12-20(30)14-19(28)15-24(27)31/h17-25,27,30-32H,6-16H2,1-5H3. The first kappa shape index (κ1) is 26.4. The van der Waals surface area contributed by atoms with Gasteiger partial charge >= 0.3 is 5.97 Å². The Morgan fingerprint density at radius 2 is 1.74 bits per heavy atom. The lowest BCUT2D eigenvalue weighted by molar-refractivity contribution is -0.207. The number of carbonyl (C=O) groups excluding carboxylic acids is 1. The summed E-state index contributed by atoms with van der Waals surface area (Å²) in [5.41, 5.74) is -0.105. The third kappa shape index (κ3) is 4.47. The van der Waals surface area contributed by atoms with E-state index < -0.39 is 0 Å². The van der Waals surface area contributed by atoms with Crippen molar-refractivity contribution in [3.63, 3.8) is 0 Å². The van der Waals surface area contributed by atoms with Crippen molar-refractivity contribution in [2.45, 2.75) is 130 Å². The molecule has 12 unspecified atom stereocenters. The summed E-state index contributed by atoms with van der Waals surface area (Å²) in [6.45, 7) is 11.0. The molecule has 0 radical (unpaired) electrons. The van der Waals surface area contributed by atoms with Gasteiger partial charge in [-0.2, -0.15) is 0 Å². The maximum absolute atomic E-state index is 12.4. The van der Waals surface area contributed by atoms with E-state index in [-0.39, 0.29) is 47.1 Å². The zero-order valence-electron chi connectivity index (χ0n) is 22.2.